The summed E-state index contributed by atoms with van der Waals surface area (Å²) in [6, 6.07) is 4.86. The molecule has 3 atom stereocenters. The number of nitrogens with one attached hydrogen (secondary N) is 3. The lowest BCUT2D eigenvalue weighted by Crippen LogP contribution is -2.47. The zero-order chi connectivity index (χ0) is 17.8. The number of benzene rings is 1. The van der Waals surface area contributed by atoms with Gasteiger partial charge in [0, 0.05) is 18.7 Å². The zero-order valence-electron chi connectivity index (χ0n) is 14.0. The number of aryl methyl sites for hydroxylation is 1. The number of carbonyl (C=O) groups excluding carboxylic acids is 2. The van der Waals surface area contributed by atoms with Gasteiger partial charge in [-0.2, -0.15) is 0 Å². The van der Waals surface area contributed by atoms with Gasteiger partial charge in [0.25, 0.3) is 5.92 Å². The molecule has 1 aromatic rings. The molecule has 2 heterocycles. The number of amides is 2. The number of rotatable bonds is 3. The molecular formula is C18H21F2N3O2. The van der Waals surface area contributed by atoms with Crippen molar-refractivity contribution in [3.63, 3.8) is 0 Å². The molecule has 1 aromatic carbocycles. The van der Waals surface area contributed by atoms with Crippen LogP contribution in [0.3, 0.4) is 0 Å². The Morgan fingerprint density at radius 1 is 1.28 bits per heavy atom. The molecule has 25 heavy (non-hydrogen) atoms. The Kier molecular flexibility index (Phi) is 3.61. The standard InChI is InChI=1S/C18H21F2N3O2/c1-10-8-11(17-6-7-21-9-14(17)18(17,19)20)2-3-12(10)22-13-4-5-15(24)23-16(13)25/h2-3,8,13-14,21-22H,4-7,9H2,1H3,(H,23,24,25)/t13-,14-,17-/m0/s1. The van der Waals surface area contributed by atoms with Crippen molar-refractivity contribution in [2.24, 2.45) is 5.92 Å². The molecule has 7 heteroatoms. The number of piperidine rings is 2. The van der Waals surface area contributed by atoms with Crippen LogP contribution in [0.25, 0.3) is 0 Å². The Labute approximate surface area is 144 Å². The molecule has 2 amide bonds. The molecule has 2 aliphatic heterocycles. The van der Waals surface area contributed by atoms with E-state index in [0.717, 1.165) is 11.3 Å². The topological polar surface area (TPSA) is 70.2 Å². The van der Waals surface area contributed by atoms with Crippen LogP contribution in [0.5, 0.6) is 0 Å². The molecule has 3 fully saturated rings. The normalized spacial score (nSPS) is 33.4. The average Bonchev–Trinajstić information content (AvgIpc) is 3.09. The number of hydrogen-bond donors (Lipinski definition) is 3. The Hall–Kier alpha value is -2.02. The Morgan fingerprint density at radius 2 is 2.08 bits per heavy atom. The van der Waals surface area contributed by atoms with Crippen LogP contribution in [0.1, 0.15) is 30.4 Å². The predicted molar refractivity (Wildman–Crippen MR) is 88.6 cm³/mol. The van der Waals surface area contributed by atoms with E-state index in [0.29, 0.717) is 37.9 Å². The van der Waals surface area contributed by atoms with Crippen molar-refractivity contribution in [1.29, 1.82) is 0 Å². The third-order valence-electron chi connectivity index (χ3n) is 5.90. The highest BCUT2D eigenvalue weighted by Crippen LogP contribution is 2.69. The molecule has 5 nitrogen and oxygen atoms in total. The summed E-state index contributed by atoms with van der Waals surface area (Å²) >= 11 is 0. The maximum atomic E-state index is 14.4. The maximum Gasteiger partial charge on any atom is 0.263 e. The highest BCUT2D eigenvalue weighted by molar-refractivity contribution is 6.01. The van der Waals surface area contributed by atoms with Gasteiger partial charge in [0.1, 0.15) is 6.04 Å². The first kappa shape index (κ1) is 16.4. The van der Waals surface area contributed by atoms with E-state index in [1.165, 1.54) is 0 Å². The van der Waals surface area contributed by atoms with Crippen LogP contribution < -0.4 is 16.0 Å². The fraction of sp³-hybridized carbons (Fsp3) is 0.556. The summed E-state index contributed by atoms with van der Waals surface area (Å²) < 4.78 is 28.8. The number of fused-ring (bicyclic) bond motifs is 1. The Bertz CT molecular complexity index is 752. The van der Waals surface area contributed by atoms with Gasteiger partial charge in [-0.05, 0) is 43.5 Å². The zero-order valence-corrected chi connectivity index (χ0v) is 14.0. The van der Waals surface area contributed by atoms with Gasteiger partial charge >= 0.3 is 0 Å². The van der Waals surface area contributed by atoms with Crippen molar-refractivity contribution in [2.75, 3.05) is 18.4 Å². The lowest BCUT2D eigenvalue weighted by atomic mass is 9.86. The van der Waals surface area contributed by atoms with Crippen molar-refractivity contribution in [1.82, 2.24) is 10.6 Å². The van der Waals surface area contributed by atoms with Crippen molar-refractivity contribution in [3.8, 4) is 0 Å². The van der Waals surface area contributed by atoms with Crippen molar-refractivity contribution in [2.45, 2.75) is 43.6 Å². The summed E-state index contributed by atoms with van der Waals surface area (Å²) in [6.45, 7) is 2.80. The van der Waals surface area contributed by atoms with E-state index in [4.69, 9.17) is 0 Å². The van der Waals surface area contributed by atoms with Crippen molar-refractivity contribution >= 4 is 17.5 Å². The molecule has 1 aliphatic carbocycles. The number of imide groups is 1. The van der Waals surface area contributed by atoms with Crippen LogP contribution in [0, 0.1) is 12.8 Å². The molecule has 2 saturated heterocycles. The summed E-state index contributed by atoms with van der Waals surface area (Å²) in [5, 5.41) is 8.49. The van der Waals surface area contributed by atoms with Crippen LogP contribution in [-0.4, -0.2) is 36.9 Å². The molecule has 4 rings (SSSR count). The van der Waals surface area contributed by atoms with Gasteiger partial charge in [-0.3, -0.25) is 14.9 Å². The summed E-state index contributed by atoms with van der Waals surface area (Å²) in [6.07, 6.45) is 1.16. The van der Waals surface area contributed by atoms with E-state index in [2.05, 4.69) is 16.0 Å². The molecule has 3 N–H and O–H groups in total. The number of carbonyl (C=O) groups is 2. The maximum absolute atomic E-state index is 14.4. The van der Waals surface area contributed by atoms with E-state index in [-0.39, 0.29) is 11.8 Å². The highest BCUT2D eigenvalue weighted by atomic mass is 19.3. The molecule has 0 aromatic heterocycles. The van der Waals surface area contributed by atoms with Gasteiger partial charge < -0.3 is 10.6 Å². The Morgan fingerprint density at radius 3 is 2.76 bits per heavy atom. The van der Waals surface area contributed by atoms with Crippen LogP contribution in [0.2, 0.25) is 0 Å². The first-order valence-corrected chi connectivity index (χ1v) is 8.66. The minimum Gasteiger partial charge on any atom is -0.373 e. The lowest BCUT2D eigenvalue weighted by molar-refractivity contribution is -0.133. The summed E-state index contributed by atoms with van der Waals surface area (Å²) in [7, 11) is 0. The molecule has 1 saturated carbocycles. The van der Waals surface area contributed by atoms with E-state index in [9.17, 15) is 18.4 Å². The number of hydrogen-bond acceptors (Lipinski definition) is 4. The molecule has 0 bridgehead atoms. The smallest absolute Gasteiger partial charge is 0.263 e. The predicted octanol–water partition coefficient (Wildman–Crippen LogP) is 1.71. The number of anilines is 1. The molecule has 0 spiro atoms. The second-order valence-corrected chi connectivity index (χ2v) is 7.28. The molecule has 3 aliphatic rings. The van der Waals surface area contributed by atoms with Gasteiger partial charge in [-0.1, -0.05) is 12.1 Å². The quantitative estimate of drug-likeness (QED) is 0.727. The SMILES string of the molecule is Cc1cc([C@@]23CCNC[C@@H]2C3(F)F)ccc1N[C@H]1CCC(=O)NC1=O. The third kappa shape index (κ3) is 2.36. The summed E-state index contributed by atoms with van der Waals surface area (Å²) in [5.74, 6) is -3.91. The minimum absolute atomic E-state index is 0.262. The number of halogens is 2. The van der Waals surface area contributed by atoms with Crippen LogP contribution >= 0.6 is 0 Å². The van der Waals surface area contributed by atoms with E-state index < -0.39 is 23.3 Å². The van der Waals surface area contributed by atoms with Crippen LogP contribution in [0.4, 0.5) is 14.5 Å². The van der Waals surface area contributed by atoms with Gasteiger partial charge in [-0.15, -0.1) is 0 Å². The van der Waals surface area contributed by atoms with Crippen LogP contribution in [-0.2, 0) is 15.0 Å². The summed E-state index contributed by atoms with van der Waals surface area (Å²) in [4.78, 5) is 23.1. The molecule has 0 unspecified atom stereocenters. The summed E-state index contributed by atoms with van der Waals surface area (Å²) in [5.41, 5.74) is 1.20. The third-order valence-corrected chi connectivity index (χ3v) is 5.90. The van der Waals surface area contributed by atoms with Crippen molar-refractivity contribution in [3.05, 3.63) is 29.3 Å². The number of alkyl halides is 2. The van der Waals surface area contributed by atoms with Gasteiger partial charge in [0.05, 0.1) is 11.3 Å². The fourth-order valence-corrected chi connectivity index (χ4v) is 4.37. The second-order valence-electron chi connectivity index (χ2n) is 7.28. The Balaban J connectivity index is 1.56. The second kappa shape index (κ2) is 5.49. The van der Waals surface area contributed by atoms with Gasteiger partial charge in [0.2, 0.25) is 11.8 Å². The van der Waals surface area contributed by atoms with Gasteiger partial charge in [-0.25, -0.2) is 8.78 Å². The molecule has 0 radical (unpaired) electrons. The highest BCUT2D eigenvalue weighted by Gasteiger charge is 2.80. The monoisotopic (exact) mass is 349 g/mol. The van der Waals surface area contributed by atoms with Crippen molar-refractivity contribution < 1.29 is 18.4 Å². The first-order chi connectivity index (χ1) is 11.9. The van der Waals surface area contributed by atoms with E-state index in [1.807, 2.05) is 13.0 Å². The fourth-order valence-electron chi connectivity index (χ4n) is 4.37. The van der Waals surface area contributed by atoms with Gasteiger partial charge in [0.15, 0.2) is 0 Å². The first-order valence-electron chi connectivity index (χ1n) is 8.66. The van der Waals surface area contributed by atoms with Crippen LogP contribution in [0.15, 0.2) is 18.2 Å². The molecule has 134 valence electrons. The average molecular weight is 349 g/mol. The molecular weight excluding hydrogens is 328 g/mol. The lowest BCUT2D eigenvalue weighted by Gasteiger charge is -2.25. The van der Waals surface area contributed by atoms with E-state index >= 15 is 0 Å². The van der Waals surface area contributed by atoms with E-state index in [1.54, 1.807) is 12.1 Å². The largest absolute Gasteiger partial charge is 0.373 e. The minimum atomic E-state index is -2.67.